The van der Waals surface area contributed by atoms with Gasteiger partial charge in [-0.25, -0.2) is 0 Å². The number of rotatable bonds is 3. The van der Waals surface area contributed by atoms with Gasteiger partial charge in [0.25, 0.3) is 0 Å². The molecule has 17 heavy (non-hydrogen) atoms. The Bertz CT molecular complexity index is 485. The molecule has 0 amide bonds. The van der Waals surface area contributed by atoms with E-state index in [-0.39, 0.29) is 0 Å². The fraction of sp³-hybridized carbons (Fsp3) is 0.231. The molecule has 0 spiro atoms. The molecule has 0 aliphatic heterocycles. The summed E-state index contributed by atoms with van der Waals surface area (Å²) in [6.07, 6.45) is 0.976. The van der Waals surface area contributed by atoms with Gasteiger partial charge < -0.3 is 0 Å². The maximum atomic E-state index is 6.04. The lowest BCUT2D eigenvalue weighted by Gasteiger charge is -2.07. The molecule has 0 radical (unpaired) electrons. The summed E-state index contributed by atoms with van der Waals surface area (Å²) in [4.78, 5) is 1.57. The highest BCUT2D eigenvalue weighted by Crippen LogP contribution is 2.39. The van der Waals surface area contributed by atoms with Gasteiger partial charge in [0, 0.05) is 4.88 Å². The highest BCUT2D eigenvalue weighted by atomic mass is 79.9. The predicted molar refractivity (Wildman–Crippen MR) is 83.6 cm³/mol. The van der Waals surface area contributed by atoms with Gasteiger partial charge in [-0.05, 0) is 40.9 Å². The van der Waals surface area contributed by atoms with Crippen LogP contribution in [0.2, 0.25) is 5.02 Å². The average molecular weight is 395 g/mol. The van der Waals surface area contributed by atoms with Crippen molar-refractivity contribution < 1.29 is 0 Å². The molecule has 2 rings (SSSR count). The molecule has 1 atom stereocenters. The third-order valence-corrected chi connectivity index (χ3v) is 6.22. The zero-order valence-corrected chi connectivity index (χ0v) is 14.0. The lowest BCUT2D eigenvalue weighted by atomic mass is 10.1. The number of benzene rings is 1. The van der Waals surface area contributed by atoms with Gasteiger partial charge >= 0.3 is 0 Å². The molecule has 0 saturated heterocycles. The minimum Gasteiger partial charge on any atom is -0.130 e. The molecule has 4 heteroatoms. The summed E-state index contributed by atoms with van der Waals surface area (Å²) in [6.45, 7) is 2.10. The van der Waals surface area contributed by atoms with E-state index in [0.717, 1.165) is 15.2 Å². The van der Waals surface area contributed by atoms with Crippen molar-refractivity contribution in [2.24, 2.45) is 0 Å². The van der Waals surface area contributed by atoms with Crippen LogP contribution in [-0.2, 0) is 6.42 Å². The molecule has 0 aliphatic rings. The summed E-state index contributed by atoms with van der Waals surface area (Å²) in [5, 5.41) is 0.790. The van der Waals surface area contributed by atoms with Crippen LogP contribution in [0.5, 0.6) is 0 Å². The smallest absolute Gasteiger partial charge is 0.0887 e. The molecule has 0 saturated carbocycles. The largest absolute Gasteiger partial charge is 0.130 e. The minimum absolute atomic E-state index is 0.319. The first-order chi connectivity index (χ1) is 8.06. The summed E-state index contributed by atoms with van der Waals surface area (Å²) >= 11 is 14.9. The fourth-order valence-corrected chi connectivity index (χ4v) is 4.06. The lowest BCUT2D eigenvalue weighted by Crippen LogP contribution is -1.92. The summed E-state index contributed by atoms with van der Waals surface area (Å²) in [6, 6.07) is 10.7. The van der Waals surface area contributed by atoms with Crippen LogP contribution in [-0.4, -0.2) is 0 Å². The van der Waals surface area contributed by atoms with Crippen molar-refractivity contribution in [1.82, 2.24) is 0 Å². The summed E-state index contributed by atoms with van der Waals surface area (Å²) in [5.74, 6) is 0. The van der Waals surface area contributed by atoms with Gasteiger partial charge in [0.1, 0.15) is 0 Å². The second-order valence-corrected chi connectivity index (χ2v) is 7.84. The van der Waals surface area contributed by atoms with Gasteiger partial charge in [0.15, 0.2) is 0 Å². The number of hydrogen-bond acceptors (Lipinski definition) is 1. The summed E-state index contributed by atoms with van der Waals surface area (Å²) in [5.41, 5.74) is 2.62. The number of thiophene rings is 1. The Morgan fingerprint density at radius 2 is 1.94 bits per heavy atom. The molecule has 90 valence electrons. The topological polar surface area (TPSA) is 0 Å². The van der Waals surface area contributed by atoms with Crippen molar-refractivity contribution in [2.75, 3.05) is 0 Å². The Balaban J connectivity index is 2.11. The van der Waals surface area contributed by atoms with Gasteiger partial charge in [0.05, 0.1) is 13.6 Å². The Kier molecular flexibility index (Phi) is 4.70. The van der Waals surface area contributed by atoms with Crippen molar-refractivity contribution in [2.45, 2.75) is 18.2 Å². The molecule has 2 aromatic rings. The Morgan fingerprint density at radius 3 is 2.47 bits per heavy atom. The zero-order chi connectivity index (χ0) is 12.4. The quantitative estimate of drug-likeness (QED) is 0.548. The number of hydrogen-bond donors (Lipinski definition) is 0. The van der Waals surface area contributed by atoms with Crippen LogP contribution in [0.4, 0.5) is 0 Å². The van der Waals surface area contributed by atoms with E-state index in [0.29, 0.717) is 4.83 Å². The normalized spacial score (nSPS) is 12.7. The minimum atomic E-state index is 0.319. The second-order valence-electron chi connectivity index (χ2n) is 3.93. The van der Waals surface area contributed by atoms with Crippen LogP contribution in [0.3, 0.4) is 0 Å². The van der Waals surface area contributed by atoms with Crippen molar-refractivity contribution >= 4 is 54.8 Å². The molecule has 0 N–H and O–H groups in total. The van der Waals surface area contributed by atoms with Crippen LogP contribution in [0.1, 0.15) is 20.8 Å². The Labute approximate surface area is 127 Å². The molecule has 1 heterocycles. The monoisotopic (exact) mass is 392 g/mol. The number of aryl methyl sites for hydroxylation is 1. The van der Waals surface area contributed by atoms with Crippen LogP contribution in [0, 0.1) is 6.92 Å². The van der Waals surface area contributed by atoms with Gasteiger partial charge in [-0.1, -0.05) is 57.4 Å². The van der Waals surface area contributed by atoms with Crippen LogP contribution >= 0.6 is 54.8 Å². The van der Waals surface area contributed by atoms with E-state index in [2.05, 4.69) is 63.0 Å². The Hall–Kier alpha value is 0.170. The van der Waals surface area contributed by atoms with Crippen molar-refractivity contribution in [3.63, 3.8) is 0 Å². The molecular formula is C13H11Br2ClS. The number of halogens is 3. The number of alkyl halides is 1. The molecule has 0 aliphatic carbocycles. The van der Waals surface area contributed by atoms with Gasteiger partial charge in [-0.2, -0.15) is 0 Å². The third-order valence-electron chi connectivity index (χ3n) is 2.51. The van der Waals surface area contributed by atoms with E-state index in [4.69, 9.17) is 11.6 Å². The summed E-state index contributed by atoms with van der Waals surface area (Å²) in [7, 11) is 0. The van der Waals surface area contributed by atoms with Crippen molar-refractivity contribution in [3.05, 3.63) is 55.1 Å². The standard InChI is InChI=1S/C13H11Br2ClS/c1-8-2-4-9(5-3-8)6-10(14)12-7-11(16)13(15)17-12/h2-5,7,10H,6H2,1H3. The van der Waals surface area contributed by atoms with E-state index >= 15 is 0 Å². The molecule has 0 bridgehead atoms. The molecule has 1 unspecified atom stereocenters. The Morgan fingerprint density at radius 1 is 1.29 bits per heavy atom. The fourth-order valence-electron chi connectivity index (χ4n) is 1.55. The van der Waals surface area contributed by atoms with Crippen LogP contribution in [0.15, 0.2) is 34.1 Å². The van der Waals surface area contributed by atoms with Gasteiger partial charge in [0.2, 0.25) is 0 Å². The zero-order valence-electron chi connectivity index (χ0n) is 9.21. The van der Waals surface area contributed by atoms with Gasteiger partial charge in [-0.15, -0.1) is 11.3 Å². The highest BCUT2D eigenvalue weighted by molar-refractivity contribution is 9.11. The van der Waals surface area contributed by atoms with E-state index in [1.165, 1.54) is 16.0 Å². The lowest BCUT2D eigenvalue weighted by molar-refractivity contribution is 0.968. The first kappa shape index (κ1) is 13.6. The second kappa shape index (κ2) is 5.87. The first-order valence-corrected chi connectivity index (χ1v) is 8.11. The van der Waals surface area contributed by atoms with Crippen LogP contribution in [0.25, 0.3) is 0 Å². The third kappa shape index (κ3) is 3.57. The highest BCUT2D eigenvalue weighted by Gasteiger charge is 2.13. The van der Waals surface area contributed by atoms with E-state index in [9.17, 15) is 0 Å². The van der Waals surface area contributed by atoms with Crippen molar-refractivity contribution in [1.29, 1.82) is 0 Å². The molecule has 1 aromatic heterocycles. The molecular weight excluding hydrogens is 383 g/mol. The maximum absolute atomic E-state index is 6.04. The van der Waals surface area contributed by atoms with E-state index in [1.54, 1.807) is 11.3 Å². The molecule has 1 aromatic carbocycles. The average Bonchev–Trinajstić information content (AvgIpc) is 2.63. The predicted octanol–water partition coefficient (Wildman–Crippen LogP) is 6.15. The first-order valence-electron chi connectivity index (χ1n) is 5.20. The maximum Gasteiger partial charge on any atom is 0.0887 e. The van der Waals surface area contributed by atoms with E-state index < -0.39 is 0 Å². The van der Waals surface area contributed by atoms with Crippen LogP contribution < -0.4 is 0 Å². The van der Waals surface area contributed by atoms with E-state index in [1.807, 2.05) is 6.07 Å². The molecule has 0 fully saturated rings. The van der Waals surface area contributed by atoms with Crippen molar-refractivity contribution in [3.8, 4) is 0 Å². The molecule has 0 nitrogen and oxygen atoms in total. The van der Waals surface area contributed by atoms with Gasteiger partial charge in [-0.3, -0.25) is 0 Å². The SMILES string of the molecule is Cc1ccc(CC(Br)c2cc(Cl)c(Br)s2)cc1. The summed E-state index contributed by atoms with van der Waals surface area (Å²) < 4.78 is 1.00.